The van der Waals surface area contributed by atoms with Gasteiger partial charge < -0.3 is 20.9 Å². The molecule has 0 bridgehead atoms. The predicted molar refractivity (Wildman–Crippen MR) is 137 cm³/mol. The molecule has 4 rings (SSSR count). The van der Waals surface area contributed by atoms with E-state index in [4.69, 9.17) is 10.4 Å². The van der Waals surface area contributed by atoms with Gasteiger partial charge in [0.15, 0.2) is 5.13 Å². The number of hydrogen-bond acceptors (Lipinski definition) is 6. The Bertz CT molecular complexity index is 1150. The molecule has 7 nitrogen and oxygen atoms in total. The largest absolute Gasteiger partial charge is 0.362 e. The minimum Gasteiger partial charge on any atom is -0.362 e. The minimum atomic E-state index is -0.126. The summed E-state index contributed by atoms with van der Waals surface area (Å²) < 4.78 is 0. The van der Waals surface area contributed by atoms with Crippen molar-refractivity contribution in [2.75, 3.05) is 35.8 Å². The number of benzene rings is 2. The van der Waals surface area contributed by atoms with Gasteiger partial charge in [0, 0.05) is 68.5 Å². The lowest BCUT2D eigenvalue weighted by molar-refractivity contribution is 0.249. The zero-order valence-corrected chi connectivity index (χ0v) is 19.7. The van der Waals surface area contributed by atoms with Crippen molar-refractivity contribution in [1.82, 2.24) is 10.3 Å². The molecule has 3 N–H and O–H groups in total. The second-order valence-electron chi connectivity index (χ2n) is 7.89. The Morgan fingerprint density at radius 2 is 2.06 bits per heavy atom. The smallest absolute Gasteiger partial charge is 0.321 e. The Kier molecular flexibility index (Phi) is 7.04. The molecule has 1 aliphatic heterocycles. The topological polar surface area (TPSA) is 84.4 Å². The molecular formula is C25H28N6OS. The molecule has 0 saturated carbocycles. The predicted octanol–water partition coefficient (Wildman–Crippen LogP) is 4.65. The summed E-state index contributed by atoms with van der Waals surface area (Å²) >= 11 is 1.74. The molecule has 170 valence electrons. The third-order valence-electron chi connectivity index (χ3n) is 5.69. The highest BCUT2D eigenvalue weighted by Crippen LogP contribution is 2.31. The van der Waals surface area contributed by atoms with Crippen LogP contribution >= 0.6 is 11.3 Å². The summed E-state index contributed by atoms with van der Waals surface area (Å²) in [5, 5.41) is 13.9. The van der Waals surface area contributed by atoms with Crippen LogP contribution in [-0.2, 0) is 19.4 Å². The summed E-state index contributed by atoms with van der Waals surface area (Å²) in [6.07, 6.45) is 8.42. The normalized spacial score (nSPS) is 13.0. The first-order chi connectivity index (χ1) is 16.1. The van der Waals surface area contributed by atoms with Crippen molar-refractivity contribution in [3.05, 3.63) is 82.5 Å². The first kappa shape index (κ1) is 22.5. The average Bonchev–Trinajstić information content (AvgIpc) is 3.32. The number of fused-ring (bicyclic) bond motifs is 1. The van der Waals surface area contributed by atoms with Gasteiger partial charge in [-0.1, -0.05) is 18.2 Å². The SMILES string of the molecule is CNC(=O)N(C)c1ccc2c(c1)CN(c1ncc(Cc3ccc(N/C=C\C=N)cc3)s1)CC2. The van der Waals surface area contributed by atoms with E-state index in [1.807, 2.05) is 24.4 Å². The maximum atomic E-state index is 12.0. The van der Waals surface area contributed by atoms with E-state index in [1.165, 1.54) is 27.8 Å². The van der Waals surface area contributed by atoms with Gasteiger partial charge in [0.2, 0.25) is 0 Å². The highest BCUT2D eigenvalue weighted by Gasteiger charge is 2.20. The third-order valence-corrected chi connectivity index (χ3v) is 6.75. The van der Waals surface area contributed by atoms with Crippen molar-refractivity contribution < 1.29 is 4.79 Å². The summed E-state index contributed by atoms with van der Waals surface area (Å²) in [6, 6.07) is 14.4. The van der Waals surface area contributed by atoms with Crippen molar-refractivity contribution in [2.45, 2.75) is 19.4 Å². The second-order valence-corrected chi connectivity index (χ2v) is 8.99. The van der Waals surface area contributed by atoms with Crippen molar-refractivity contribution in [3.8, 4) is 0 Å². The van der Waals surface area contributed by atoms with Crippen LogP contribution in [0.15, 0.2) is 60.9 Å². The fraction of sp³-hybridized carbons (Fsp3) is 0.240. The number of nitrogens with one attached hydrogen (secondary N) is 3. The number of carbonyl (C=O) groups is 1. The molecule has 0 aliphatic carbocycles. The molecule has 0 radical (unpaired) electrons. The number of hydrogen-bond donors (Lipinski definition) is 3. The molecule has 0 saturated heterocycles. The molecule has 0 unspecified atom stereocenters. The number of aromatic nitrogens is 1. The number of urea groups is 1. The Morgan fingerprint density at radius 1 is 1.24 bits per heavy atom. The Balaban J connectivity index is 1.42. The van der Waals surface area contributed by atoms with Crippen LogP contribution in [0.1, 0.15) is 21.6 Å². The molecule has 1 aliphatic rings. The maximum absolute atomic E-state index is 12.0. The van der Waals surface area contributed by atoms with E-state index in [0.29, 0.717) is 0 Å². The van der Waals surface area contributed by atoms with E-state index >= 15 is 0 Å². The number of amides is 2. The Hall–Kier alpha value is -3.65. The van der Waals surface area contributed by atoms with Gasteiger partial charge in [-0.25, -0.2) is 9.78 Å². The summed E-state index contributed by atoms with van der Waals surface area (Å²) in [7, 11) is 3.42. The van der Waals surface area contributed by atoms with E-state index in [9.17, 15) is 4.79 Å². The molecule has 2 amide bonds. The van der Waals surface area contributed by atoms with Gasteiger partial charge in [-0.15, -0.1) is 11.3 Å². The lowest BCUT2D eigenvalue weighted by Gasteiger charge is -2.29. The number of rotatable bonds is 7. The van der Waals surface area contributed by atoms with Crippen LogP contribution in [0, 0.1) is 5.41 Å². The lowest BCUT2D eigenvalue weighted by atomic mass is 9.99. The zero-order valence-electron chi connectivity index (χ0n) is 18.8. The molecule has 0 fully saturated rings. The lowest BCUT2D eigenvalue weighted by Crippen LogP contribution is -2.35. The maximum Gasteiger partial charge on any atom is 0.321 e. The molecule has 8 heteroatoms. The molecule has 1 aromatic heterocycles. The van der Waals surface area contributed by atoms with Gasteiger partial charge >= 0.3 is 6.03 Å². The van der Waals surface area contributed by atoms with Crippen LogP contribution < -0.4 is 20.4 Å². The van der Waals surface area contributed by atoms with Crippen LogP contribution in [0.3, 0.4) is 0 Å². The van der Waals surface area contributed by atoms with Gasteiger partial charge in [-0.05, 0) is 53.5 Å². The van der Waals surface area contributed by atoms with Crippen LogP contribution in [0.4, 0.5) is 21.3 Å². The van der Waals surface area contributed by atoms with E-state index in [-0.39, 0.29) is 6.03 Å². The number of nitrogens with zero attached hydrogens (tertiary/aromatic N) is 3. The molecule has 3 aromatic rings. The molecule has 33 heavy (non-hydrogen) atoms. The molecule has 2 heterocycles. The van der Waals surface area contributed by atoms with Gasteiger partial charge in [0.05, 0.1) is 0 Å². The van der Waals surface area contributed by atoms with Crippen molar-refractivity contribution in [1.29, 1.82) is 5.41 Å². The summed E-state index contributed by atoms with van der Waals surface area (Å²) in [5.74, 6) is 0. The quantitative estimate of drug-likeness (QED) is 0.448. The van der Waals surface area contributed by atoms with E-state index in [0.717, 1.165) is 42.4 Å². The summed E-state index contributed by atoms with van der Waals surface area (Å²) in [4.78, 5) is 21.9. The first-order valence-corrected chi connectivity index (χ1v) is 11.7. The van der Waals surface area contributed by atoms with Crippen LogP contribution in [-0.4, -0.2) is 37.9 Å². The standard InChI is InChI=1S/C25H28N6OS/c1-27-24(32)30(2)22-9-6-19-10-13-31(17-20(19)15-22)25-29-16-23(33-25)14-18-4-7-21(8-5-18)28-12-3-11-26/h3-9,11-12,15-16,26,28H,10,13-14,17H2,1-2H3,(H,27,32)/b12-3-,26-11?. The Labute approximate surface area is 198 Å². The van der Waals surface area contributed by atoms with Gasteiger partial charge in [-0.2, -0.15) is 0 Å². The summed E-state index contributed by atoms with van der Waals surface area (Å²) in [5.41, 5.74) is 5.70. The van der Waals surface area contributed by atoms with Crippen LogP contribution in [0.2, 0.25) is 0 Å². The fourth-order valence-electron chi connectivity index (χ4n) is 3.84. The second kappa shape index (κ2) is 10.3. The monoisotopic (exact) mass is 460 g/mol. The zero-order chi connectivity index (χ0) is 23.2. The van der Waals surface area contributed by atoms with Crippen LogP contribution in [0.25, 0.3) is 0 Å². The fourth-order valence-corrected chi connectivity index (χ4v) is 4.81. The van der Waals surface area contributed by atoms with Gasteiger partial charge in [-0.3, -0.25) is 4.90 Å². The summed E-state index contributed by atoms with van der Waals surface area (Å²) in [6.45, 7) is 1.73. The van der Waals surface area contributed by atoms with E-state index in [2.05, 4.69) is 39.8 Å². The molecule has 0 atom stereocenters. The van der Waals surface area contributed by atoms with Crippen LogP contribution in [0.5, 0.6) is 0 Å². The third kappa shape index (κ3) is 5.40. The number of carbonyl (C=O) groups excluding carboxylic acids is 1. The number of thiazole rings is 1. The highest BCUT2D eigenvalue weighted by atomic mass is 32.1. The molecule has 0 spiro atoms. The average molecular weight is 461 g/mol. The minimum absolute atomic E-state index is 0.126. The molecule has 2 aromatic carbocycles. The Morgan fingerprint density at radius 3 is 2.82 bits per heavy atom. The van der Waals surface area contributed by atoms with E-state index < -0.39 is 0 Å². The van der Waals surface area contributed by atoms with Gasteiger partial charge in [0.1, 0.15) is 0 Å². The highest BCUT2D eigenvalue weighted by molar-refractivity contribution is 7.15. The molecular weight excluding hydrogens is 432 g/mol. The van der Waals surface area contributed by atoms with Crippen molar-refractivity contribution >= 4 is 40.1 Å². The number of allylic oxidation sites excluding steroid dienone is 1. The van der Waals surface area contributed by atoms with E-state index in [1.54, 1.807) is 42.6 Å². The number of anilines is 3. The van der Waals surface area contributed by atoms with Gasteiger partial charge in [0.25, 0.3) is 0 Å². The van der Waals surface area contributed by atoms with Crippen molar-refractivity contribution in [2.24, 2.45) is 0 Å². The van der Waals surface area contributed by atoms with Crippen molar-refractivity contribution in [3.63, 3.8) is 0 Å². The first-order valence-electron chi connectivity index (χ1n) is 10.9.